The molecule has 1 N–H and O–H groups in total. The van der Waals surface area contributed by atoms with Crippen LogP contribution in [0.25, 0.3) is 10.9 Å². The topological polar surface area (TPSA) is 75.3 Å². The Morgan fingerprint density at radius 3 is 2.70 bits per heavy atom. The Balaban J connectivity index is 1.43. The number of H-pyrrole nitrogens is 1. The molecule has 7 heteroatoms. The first kappa shape index (κ1) is 17.2. The normalized spacial score (nSPS) is 15.1. The van der Waals surface area contributed by atoms with Gasteiger partial charge in [0.25, 0.3) is 11.5 Å². The summed E-state index contributed by atoms with van der Waals surface area (Å²) in [4.78, 5) is 33.4. The molecule has 0 atom stereocenters. The minimum atomic E-state index is -0.341. The first-order valence-electron chi connectivity index (χ1n) is 8.81. The lowest BCUT2D eigenvalue weighted by Gasteiger charge is -2.31. The molecule has 0 aliphatic carbocycles. The number of nitrogens with one attached hydrogen (secondary N) is 1. The Hall–Kier alpha value is -3.22. The fourth-order valence-electron chi connectivity index (χ4n) is 3.25. The molecule has 0 saturated carbocycles. The molecule has 0 radical (unpaired) electrons. The molecule has 6 nitrogen and oxygen atoms in total. The van der Waals surface area contributed by atoms with E-state index in [1.165, 1.54) is 12.1 Å². The number of rotatable bonds is 3. The van der Waals surface area contributed by atoms with Crippen molar-refractivity contribution in [1.82, 2.24) is 14.9 Å². The van der Waals surface area contributed by atoms with Crippen molar-refractivity contribution in [2.75, 3.05) is 13.1 Å². The van der Waals surface area contributed by atoms with E-state index in [1.807, 2.05) is 0 Å². The van der Waals surface area contributed by atoms with E-state index in [1.54, 1.807) is 41.3 Å². The highest BCUT2D eigenvalue weighted by atomic mass is 19.1. The molecule has 2 aromatic carbocycles. The zero-order chi connectivity index (χ0) is 18.8. The summed E-state index contributed by atoms with van der Waals surface area (Å²) in [5.41, 5.74) is 0.169. The van der Waals surface area contributed by atoms with Gasteiger partial charge in [0.15, 0.2) is 5.82 Å². The largest absolute Gasteiger partial charge is 0.490 e. The van der Waals surface area contributed by atoms with Crippen LogP contribution in [0.3, 0.4) is 0 Å². The Bertz CT molecular complexity index is 1040. The predicted octanol–water partition coefficient (Wildman–Crippen LogP) is 2.75. The van der Waals surface area contributed by atoms with E-state index >= 15 is 0 Å². The van der Waals surface area contributed by atoms with Crippen LogP contribution in [0.5, 0.6) is 5.75 Å². The number of hydrogen-bond acceptors (Lipinski definition) is 4. The molecular formula is C20H18FN3O3. The molecule has 1 saturated heterocycles. The minimum absolute atomic E-state index is 0.0446. The third-order valence-electron chi connectivity index (χ3n) is 4.64. The molecule has 1 aliphatic rings. The maximum atomic E-state index is 13.3. The average Bonchev–Trinajstić information content (AvgIpc) is 2.68. The number of hydrogen-bond donors (Lipinski definition) is 1. The number of carbonyl (C=O) groups excluding carboxylic acids is 1. The third-order valence-corrected chi connectivity index (χ3v) is 4.64. The third kappa shape index (κ3) is 3.67. The summed E-state index contributed by atoms with van der Waals surface area (Å²) in [5.74, 6) is -0.114. The van der Waals surface area contributed by atoms with Crippen molar-refractivity contribution < 1.29 is 13.9 Å². The van der Waals surface area contributed by atoms with Crippen molar-refractivity contribution in [2.24, 2.45) is 0 Å². The van der Waals surface area contributed by atoms with E-state index in [4.69, 9.17) is 4.74 Å². The van der Waals surface area contributed by atoms with Crippen molar-refractivity contribution in [3.05, 3.63) is 70.5 Å². The highest BCUT2D eigenvalue weighted by Crippen LogP contribution is 2.20. The summed E-state index contributed by atoms with van der Waals surface area (Å²) in [5, 5.41) is 0.455. The van der Waals surface area contributed by atoms with Gasteiger partial charge >= 0.3 is 0 Å². The van der Waals surface area contributed by atoms with Gasteiger partial charge in [-0.2, -0.15) is 0 Å². The van der Waals surface area contributed by atoms with Crippen molar-refractivity contribution in [3.63, 3.8) is 0 Å². The summed E-state index contributed by atoms with van der Waals surface area (Å²) in [6.07, 6.45) is 1.17. The van der Waals surface area contributed by atoms with Crippen LogP contribution in [0.1, 0.15) is 23.5 Å². The van der Waals surface area contributed by atoms with E-state index in [0.29, 0.717) is 42.6 Å². The average molecular weight is 367 g/mol. The zero-order valence-electron chi connectivity index (χ0n) is 14.5. The molecule has 1 fully saturated rings. The zero-order valence-corrected chi connectivity index (χ0v) is 14.5. The minimum Gasteiger partial charge on any atom is -0.490 e. The van der Waals surface area contributed by atoms with E-state index in [-0.39, 0.29) is 29.2 Å². The van der Waals surface area contributed by atoms with Crippen LogP contribution >= 0.6 is 0 Å². The van der Waals surface area contributed by atoms with Crippen molar-refractivity contribution >= 4 is 16.8 Å². The van der Waals surface area contributed by atoms with Gasteiger partial charge in [0.05, 0.1) is 10.9 Å². The van der Waals surface area contributed by atoms with Gasteiger partial charge in [0.2, 0.25) is 0 Å². The van der Waals surface area contributed by atoms with Crippen molar-refractivity contribution in [2.45, 2.75) is 18.9 Å². The van der Waals surface area contributed by atoms with E-state index in [9.17, 15) is 14.0 Å². The number of piperidine rings is 1. The van der Waals surface area contributed by atoms with Crippen LogP contribution in [0.2, 0.25) is 0 Å². The number of halogens is 1. The Kier molecular flexibility index (Phi) is 4.58. The number of ether oxygens (including phenoxy) is 1. The Morgan fingerprint density at radius 1 is 1.15 bits per heavy atom. The quantitative estimate of drug-likeness (QED) is 0.772. The number of aromatic nitrogens is 2. The van der Waals surface area contributed by atoms with Crippen LogP contribution < -0.4 is 10.3 Å². The highest BCUT2D eigenvalue weighted by Gasteiger charge is 2.26. The molecule has 1 amide bonds. The van der Waals surface area contributed by atoms with Crippen molar-refractivity contribution in [1.29, 1.82) is 0 Å². The summed E-state index contributed by atoms with van der Waals surface area (Å²) in [6.45, 7) is 0.963. The van der Waals surface area contributed by atoms with Gasteiger partial charge in [0.1, 0.15) is 17.7 Å². The second-order valence-electron chi connectivity index (χ2n) is 6.50. The molecule has 27 heavy (non-hydrogen) atoms. The van der Waals surface area contributed by atoms with Crippen LogP contribution in [0.15, 0.2) is 53.3 Å². The van der Waals surface area contributed by atoms with Gasteiger partial charge in [0, 0.05) is 32.0 Å². The summed E-state index contributed by atoms with van der Waals surface area (Å²) in [7, 11) is 0. The standard InChI is InChI=1S/C20H18FN3O3/c21-13-4-3-5-15(12-13)27-14-8-10-24(11-9-14)20(26)18-22-17-7-2-1-6-16(17)19(25)23-18/h1-7,12,14H,8-11H2,(H,22,23,25). The fraction of sp³-hybridized carbons (Fsp3) is 0.250. The Labute approximate surface area is 154 Å². The SMILES string of the molecule is O=C(c1nc2ccccc2c(=O)[nH]1)N1CCC(Oc2cccc(F)c2)CC1. The van der Waals surface area contributed by atoms with Crippen LogP contribution in [0.4, 0.5) is 4.39 Å². The first-order chi connectivity index (χ1) is 13.1. The molecule has 1 aromatic heterocycles. The summed E-state index contributed by atoms with van der Waals surface area (Å²) in [6, 6.07) is 12.9. The molecule has 2 heterocycles. The number of fused-ring (bicyclic) bond motifs is 1. The molecule has 3 aromatic rings. The monoisotopic (exact) mass is 367 g/mol. The number of benzene rings is 2. The van der Waals surface area contributed by atoms with Gasteiger partial charge in [-0.3, -0.25) is 9.59 Å². The predicted molar refractivity (Wildman–Crippen MR) is 98.3 cm³/mol. The molecule has 4 rings (SSSR count). The number of carbonyl (C=O) groups is 1. The van der Waals surface area contributed by atoms with Crippen LogP contribution in [-0.4, -0.2) is 40.0 Å². The second-order valence-corrected chi connectivity index (χ2v) is 6.50. The Morgan fingerprint density at radius 2 is 1.93 bits per heavy atom. The van der Waals surface area contributed by atoms with Gasteiger partial charge in [-0.05, 0) is 24.3 Å². The maximum absolute atomic E-state index is 13.3. The highest BCUT2D eigenvalue weighted by molar-refractivity contribution is 5.92. The van der Waals surface area contributed by atoms with Gasteiger partial charge in [-0.25, -0.2) is 9.37 Å². The molecule has 1 aliphatic heterocycles. The maximum Gasteiger partial charge on any atom is 0.289 e. The van der Waals surface area contributed by atoms with Crippen LogP contribution in [-0.2, 0) is 0 Å². The summed E-state index contributed by atoms with van der Waals surface area (Å²) >= 11 is 0. The second kappa shape index (κ2) is 7.19. The molecule has 0 bridgehead atoms. The van der Waals surface area contributed by atoms with Gasteiger partial charge in [-0.1, -0.05) is 18.2 Å². The number of likely N-dealkylation sites (tertiary alicyclic amines) is 1. The lowest BCUT2D eigenvalue weighted by molar-refractivity contribution is 0.0584. The van der Waals surface area contributed by atoms with Crippen molar-refractivity contribution in [3.8, 4) is 5.75 Å². The molecular weight excluding hydrogens is 349 g/mol. The number of nitrogens with zero attached hydrogens (tertiary/aromatic N) is 2. The van der Waals surface area contributed by atoms with Gasteiger partial charge in [-0.15, -0.1) is 0 Å². The smallest absolute Gasteiger partial charge is 0.289 e. The van der Waals surface area contributed by atoms with Gasteiger partial charge < -0.3 is 14.6 Å². The van der Waals surface area contributed by atoms with E-state index in [0.717, 1.165) is 0 Å². The molecule has 0 unspecified atom stereocenters. The van der Waals surface area contributed by atoms with Crippen LogP contribution in [0, 0.1) is 5.82 Å². The number of aromatic amines is 1. The number of para-hydroxylation sites is 1. The van der Waals surface area contributed by atoms with E-state index < -0.39 is 0 Å². The van der Waals surface area contributed by atoms with E-state index in [2.05, 4.69) is 9.97 Å². The summed E-state index contributed by atoms with van der Waals surface area (Å²) < 4.78 is 19.0. The lowest BCUT2D eigenvalue weighted by Crippen LogP contribution is -2.42. The first-order valence-corrected chi connectivity index (χ1v) is 8.81. The molecule has 138 valence electrons. The lowest BCUT2D eigenvalue weighted by atomic mass is 10.1. The fourth-order valence-corrected chi connectivity index (χ4v) is 3.25. The number of amides is 1. The molecule has 0 spiro atoms.